The number of hydrogen-bond acceptors (Lipinski definition) is 4. The van der Waals surface area contributed by atoms with Crippen LogP contribution in [0.15, 0.2) is 77.7 Å². The van der Waals surface area contributed by atoms with Crippen molar-refractivity contribution in [2.45, 2.75) is 70.0 Å². The second-order valence-electron chi connectivity index (χ2n) is 10.5. The van der Waals surface area contributed by atoms with Gasteiger partial charge in [-0.2, -0.15) is 0 Å². The maximum absolute atomic E-state index is 14.1. The van der Waals surface area contributed by atoms with Gasteiger partial charge in [-0.1, -0.05) is 60.8 Å². The lowest BCUT2D eigenvalue weighted by atomic mass is 10.1. The Hall–Kier alpha value is -3.36. The van der Waals surface area contributed by atoms with Gasteiger partial charge in [-0.15, -0.1) is 0 Å². The van der Waals surface area contributed by atoms with Gasteiger partial charge in [0.1, 0.15) is 12.6 Å². The normalized spacial score (nSPS) is 14.5. The molecule has 2 amide bonds. The van der Waals surface area contributed by atoms with E-state index in [2.05, 4.69) is 5.32 Å². The second kappa shape index (κ2) is 12.9. The number of halogens is 1. The van der Waals surface area contributed by atoms with E-state index in [4.69, 9.17) is 11.6 Å². The van der Waals surface area contributed by atoms with Gasteiger partial charge in [0.25, 0.3) is 10.0 Å². The molecule has 212 valence electrons. The smallest absolute Gasteiger partial charge is 0.264 e. The van der Waals surface area contributed by atoms with E-state index in [1.54, 1.807) is 55.5 Å². The highest BCUT2D eigenvalue weighted by molar-refractivity contribution is 7.92. The monoisotopic (exact) mass is 581 g/mol. The molecule has 7 nitrogen and oxygen atoms in total. The van der Waals surface area contributed by atoms with Crippen LogP contribution in [0.5, 0.6) is 0 Å². The minimum absolute atomic E-state index is 0.0791. The number of carbonyl (C=O) groups excluding carboxylic acids is 2. The van der Waals surface area contributed by atoms with E-state index in [1.165, 1.54) is 17.0 Å². The fourth-order valence-electron chi connectivity index (χ4n) is 5.15. The molecule has 9 heteroatoms. The van der Waals surface area contributed by atoms with Gasteiger partial charge in [-0.3, -0.25) is 13.9 Å². The van der Waals surface area contributed by atoms with E-state index in [0.717, 1.165) is 46.7 Å². The van der Waals surface area contributed by atoms with Crippen LogP contribution in [0.4, 0.5) is 5.69 Å². The molecule has 0 aliphatic heterocycles. The fraction of sp³-hybridized carbons (Fsp3) is 0.355. The average Bonchev–Trinajstić information content (AvgIpc) is 3.42. The zero-order chi connectivity index (χ0) is 28.9. The Bertz CT molecular complexity index is 1440. The van der Waals surface area contributed by atoms with Crippen molar-refractivity contribution in [2.75, 3.05) is 10.8 Å². The van der Waals surface area contributed by atoms with Crippen LogP contribution in [0, 0.1) is 13.8 Å². The summed E-state index contributed by atoms with van der Waals surface area (Å²) >= 11 is 6.21. The van der Waals surface area contributed by atoms with Crippen LogP contribution in [0.1, 0.15) is 49.3 Å². The lowest BCUT2D eigenvalue weighted by Crippen LogP contribution is -2.52. The number of amides is 2. The van der Waals surface area contributed by atoms with E-state index in [9.17, 15) is 18.0 Å². The standard InChI is InChI=1S/C31H36ClN3O4S/c1-22-16-23(2)18-28(17-22)35(40(38,39)29-14-5-4-6-15-29)21-30(36)34(20-25-10-9-11-26(32)19-25)24(3)31(37)33-27-12-7-8-13-27/h4-6,9-11,14-19,24,27H,7-8,12-13,20-21H2,1-3H3,(H,33,37)/t24-/m0/s1. The van der Waals surface area contributed by atoms with Gasteiger partial charge in [0.2, 0.25) is 11.8 Å². The molecule has 1 aliphatic carbocycles. The third-order valence-corrected chi connectivity index (χ3v) is 9.24. The summed E-state index contributed by atoms with van der Waals surface area (Å²) < 4.78 is 29.0. The highest BCUT2D eigenvalue weighted by Crippen LogP contribution is 2.27. The fourth-order valence-corrected chi connectivity index (χ4v) is 6.78. The number of carbonyl (C=O) groups is 2. The largest absolute Gasteiger partial charge is 0.352 e. The minimum atomic E-state index is -4.10. The molecule has 1 fully saturated rings. The Morgan fingerprint density at radius 1 is 0.950 bits per heavy atom. The SMILES string of the molecule is Cc1cc(C)cc(N(CC(=O)N(Cc2cccc(Cl)c2)[C@@H](C)C(=O)NC2CCCC2)S(=O)(=O)c2ccccc2)c1. The Balaban J connectivity index is 1.70. The van der Waals surface area contributed by atoms with Gasteiger partial charge >= 0.3 is 0 Å². The molecule has 1 aliphatic rings. The maximum Gasteiger partial charge on any atom is 0.264 e. The molecule has 1 N–H and O–H groups in total. The van der Waals surface area contributed by atoms with Gasteiger partial charge in [0.05, 0.1) is 10.6 Å². The summed E-state index contributed by atoms with van der Waals surface area (Å²) in [7, 11) is -4.10. The lowest BCUT2D eigenvalue weighted by molar-refractivity contribution is -0.139. The number of anilines is 1. The van der Waals surface area contributed by atoms with Crippen molar-refractivity contribution in [3.05, 3.63) is 94.5 Å². The molecule has 0 bridgehead atoms. The summed E-state index contributed by atoms with van der Waals surface area (Å²) in [5.74, 6) is -0.751. The van der Waals surface area contributed by atoms with Crippen molar-refractivity contribution in [1.82, 2.24) is 10.2 Å². The van der Waals surface area contributed by atoms with Gasteiger partial charge < -0.3 is 10.2 Å². The Morgan fingerprint density at radius 2 is 1.60 bits per heavy atom. The number of hydrogen-bond donors (Lipinski definition) is 1. The summed E-state index contributed by atoms with van der Waals surface area (Å²) in [5.41, 5.74) is 2.87. The molecule has 3 aromatic rings. The van der Waals surface area contributed by atoms with Crippen LogP contribution in [-0.4, -0.2) is 43.8 Å². The number of aryl methyl sites for hydroxylation is 2. The molecular weight excluding hydrogens is 546 g/mol. The molecule has 0 spiro atoms. The van der Waals surface area contributed by atoms with E-state index in [1.807, 2.05) is 26.0 Å². The van der Waals surface area contributed by atoms with Crippen molar-refractivity contribution < 1.29 is 18.0 Å². The van der Waals surface area contributed by atoms with Crippen molar-refractivity contribution in [3.8, 4) is 0 Å². The summed E-state index contributed by atoms with van der Waals surface area (Å²) in [6.45, 7) is 5.07. The molecule has 0 unspecified atom stereocenters. The quantitative estimate of drug-likeness (QED) is 0.336. The summed E-state index contributed by atoms with van der Waals surface area (Å²) in [5, 5.41) is 3.59. The van der Waals surface area contributed by atoms with Gasteiger partial charge in [-0.05, 0) is 86.7 Å². The topological polar surface area (TPSA) is 86.8 Å². The van der Waals surface area contributed by atoms with Gasteiger partial charge in [0.15, 0.2) is 0 Å². The van der Waals surface area contributed by atoms with E-state index in [-0.39, 0.29) is 23.4 Å². The molecule has 40 heavy (non-hydrogen) atoms. The maximum atomic E-state index is 14.1. The van der Waals surface area contributed by atoms with Crippen LogP contribution in [0.2, 0.25) is 5.02 Å². The lowest BCUT2D eigenvalue weighted by Gasteiger charge is -2.32. The first-order valence-electron chi connectivity index (χ1n) is 13.5. The summed E-state index contributed by atoms with van der Waals surface area (Å²) in [6, 6.07) is 19.8. The molecule has 0 radical (unpaired) electrons. The molecule has 1 atom stereocenters. The highest BCUT2D eigenvalue weighted by Gasteiger charge is 2.33. The Labute approximate surface area is 242 Å². The first kappa shape index (κ1) is 29.6. The molecule has 1 saturated carbocycles. The van der Waals surface area contributed by atoms with Crippen molar-refractivity contribution in [1.29, 1.82) is 0 Å². The summed E-state index contributed by atoms with van der Waals surface area (Å²) in [4.78, 5) is 28.9. The van der Waals surface area contributed by atoms with Gasteiger partial charge in [0, 0.05) is 17.6 Å². The van der Waals surface area contributed by atoms with E-state index >= 15 is 0 Å². The first-order chi connectivity index (χ1) is 19.0. The molecule has 0 aromatic heterocycles. The Kier molecular flexibility index (Phi) is 9.53. The predicted molar refractivity (Wildman–Crippen MR) is 159 cm³/mol. The number of sulfonamides is 1. The number of nitrogens with zero attached hydrogens (tertiary/aromatic N) is 2. The number of benzene rings is 3. The number of nitrogens with one attached hydrogen (secondary N) is 1. The van der Waals surface area contributed by atoms with Crippen molar-refractivity contribution in [3.63, 3.8) is 0 Å². The number of rotatable bonds is 10. The zero-order valence-electron chi connectivity index (χ0n) is 23.1. The third kappa shape index (κ3) is 7.23. The third-order valence-electron chi connectivity index (χ3n) is 7.22. The van der Waals surface area contributed by atoms with E-state index in [0.29, 0.717) is 10.7 Å². The van der Waals surface area contributed by atoms with Crippen LogP contribution in [0.25, 0.3) is 0 Å². The van der Waals surface area contributed by atoms with Crippen LogP contribution >= 0.6 is 11.6 Å². The zero-order valence-corrected chi connectivity index (χ0v) is 24.7. The molecular formula is C31H36ClN3O4S. The minimum Gasteiger partial charge on any atom is -0.352 e. The van der Waals surface area contributed by atoms with Crippen LogP contribution < -0.4 is 9.62 Å². The van der Waals surface area contributed by atoms with Gasteiger partial charge in [-0.25, -0.2) is 8.42 Å². The second-order valence-corrected chi connectivity index (χ2v) is 12.8. The molecule has 4 rings (SSSR count). The van der Waals surface area contributed by atoms with Crippen LogP contribution in [0.3, 0.4) is 0 Å². The van der Waals surface area contributed by atoms with Crippen molar-refractivity contribution in [2.24, 2.45) is 0 Å². The highest BCUT2D eigenvalue weighted by atomic mass is 35.5. The first-order valence-corrected chi connectivity index (χ1v) is 15.4. The molecule has 0 saturated heterocycles. The van der Waals surface area contributed by atoms with E-state index < -0.39 is 28.5 Å². The molecule has 3 aromatic carbocycles. The summed E-state index contributed by atoms with van der Waals surface area (Å²) in [6.07, 6.45) is 3.95. The van der Waals surface area contributed by atoms with Crippen molar-refractivity contribution >= 4 is 39.1 Å². The average molecular weight is 582 g/mol. The Morgan fingerprint density at radius 3 is 2.23 bits per heavy atom. The molecule has 0 heterocycles. The predicted octanol–water partition coefficient (Wildman–Crippen LogP) is 5.63. The van der Waals surface area contributed by atoms with Crippen LogP contribution in [-0.2, 0) is 26.2 Å².